The molecule has 0 radical (unpaired) electrons. The van der Waals surface area contributed by atoms with Gasteiger partial charge in [0.1, 0.15) is 17.6 Å². The minimum absolute atomic E-state index is 0.280. The number of imidazole rings is 1. The van der Waals surface area contributed by atoms with E-state index in [0.29, 0.717) is 11.4 Å². The summed E-state index contributed by atoms with van der Waals surface area (Å²) in [6.45, 7) is 1.98. The van der Waals surface area contributed by atoms with E-state index < -0.39 is 0 Å². The van der Waals surface area contributed by atoms with Gasteiger partial charge in [-0.2, -0.15) is 5.26 Å². The zero-order valence-electron chi connectivity index (χ0n) is 12.2. The van der Waals surface area contributed by atoms with E-state index in [2.05, 4.69) is 16.0 Å². The summed E-state index contributed by atoms with van der Waals surface area (Å²) in [5.41, 5.74) is 3.92. The van der Waals surface area contributed by atoms with Crippen LogP contribution in [0.25, 0.3) is 22.7 Å². The standard InChI is InChI=1S/C18H15N3O/c1-2-13-9-12(7-8-17(13)22)10-14(11-19)18-20-15-5-3-4-6-16(15)21-18/h3-10,22H,2H2,1H3,(H,20,21)/b14-10+. The maximum atomic E-state index is 9.73. The van der Waals surface area contributed by atoms with Crippen molar-refractivity contribution >= 4 is 22.7 Å². The smallest absolute Gasteiger partial charge is 0.149 e. The number of aromatic amines is 1. The molecule has 0 aliphatic carbocycles. The number of nitrogens with zero attached hydrogens (tertiary/aromatic N) is 2. The first-order chi connectivity index (χ1) is 10.7. The van der Waals surface area contributed by atoms with Crippen LogP contribution in [0.2, 0.25) is 0 Å². The molecule has 0 spiro atoms. The molecule has 22 heavy (non-hydrogen) atoms. The van der Waals surface area contributed by atoms with Crippen LogP contribution in [-0.4, -0.2) is 15.1 Å². The van der Waals surface area contributed by atoms with Gasteiger partial charge in [-0.15, -0.1) is 0 Å². The molecule has 3 aromatic rings. The second-order valence-corrected chi connectivity index (χ2v) is 5.01. The van der Waals surface area contributed by atoms with Gasteiger partial charge in [-0.1, -0.05) is 25.1 Å². The van der Waals surface area contributed by atoms with Crippen molar-refractivity contribution in [2.45, 2.75) is 13.3 Å². The molecule has 1 aromatic heterocycles. The zero-order chi connectivity index (χ0) is 15.5. The number of allylic oxidation sites excluding steroid dienone is 1. The summed E-state index contributed by atoms with van der Waals surface area (Å²) in [5, 5.41) is 19.2. The van der Waals surface area contributed by atoms with E-state index in [9.17, 15) is 10.4 Å². The number of hydrogen-bond acceptors (Lipinski definition) is 3. The van der Waals surface area contributed by atoms with Crippen LogP contribution in [0.15, 0.2) is 42.5 Å². The highest BCUT2D eigenvalue weighted by atomic mass is 16.3. The Labute approximate surface area is 128 Å². The number of fused-ring (bicyclic) bond motifs is 1. The lowest BCUT2D eigenvalue weighted by Crippen LogP contribution is -1.87. The first kappa shape index (κ1) is 13.9. The van der Waals surface area contributed by atoms with E-state index in [1.807, 2.05) is 37.3 Å². The Morgan fingerprint density at radius 1 is 1.32 bits per heavy atom. The predicted molar refractivity (Wildman–Crippen MR) is 87.1 cm³/mol. The second kappa shape index (κ2) is 5.74. The highest BCUT2D eigenvalue weighted by molar-refractivity contribution is 5.90. The van der Waals surface area contributed by atoms with Gasteiger partial charge in [0.2, 0.25) is 0 Å². The number of nitrogens with one attached hydrogen (secondary N) is 1. The topological polar surface area (TPSA) is 72.7 Å². The van der Waals surface area contributed by atoms with Gasteiger partial charge in [-0.3, -0.25) is 0 Å². The summed E-state index contributed by atoms with van der Waals surface area (Å²) in [4.78, 5) is 7.60. The maximum Gasteiger partial charge on any atom is 0.149 e. The average molecular weight is 289 g/mol. The highest BCUT2D eigenvalue weighted by Crippen LogP contribution is 2.23. The highest BCUT2D eigenvalue weighted by Gasteiger charge is 2.08. The van der Waals surface area contributed by atoms with E-state index in [-0.39, 0.29) is 5.75 Å². The van der Waals surface area contributed by atoms with Gasteiger partial charge < -0.3 is 10.1 Å². The van der Waals surface area contributed by atoms with Crippen LogP contribution in [0.1, 0.15) is 23.9 Å². The molecule has 0 bridgehead atoms. The Morgan fingerprint density at radius 2 is 2.14 bits per heavy atom. The average Bonchev–Trinajstić information content (AvgIpc) is 2.97. The Hall–Kier alpha value is -3.06. The van der Waals surface area contributed by atoms with Gasteiger partial charge >= 0.3 is 0 Å². The third-order valence-electron chi connectivity index (χ3n) is 3.56. The van der Waals surface area contributed by atoms with Crippen molar-refractivity contribution in [3.05, 3.63) is 59.4 Å². The molecule has 4 heteroatoms. The van der Waals surface area contributed by atoms with Crippen molar-refractivity contribution < 1.29 is 5.11 Å². The Balaban J connectivity index is 2.05. The molecule has 0 fully saturated rings. The van der Waals surface area contributed by atoms with Crippen molar-refractivity contribution in [3.8, 4) is 11.8 Å². The molecule has 0 aliphatic heterocycles. The minimum atomic E-state index is 0.280. The van der Waals surface area contributed by atoms with E-state index in [0.717, 1.165) is 28.6 Å². The minimum Gasteiger partial charge on any atom is -0.508 e. The Morgan fingerprint density at radius 3 is 2.86 bits per heavy atom. The second-order valence-electron chi connectivity index (χ2n) is 5.01. The lowest BCUT2D eigenvalue weighted by Gasteiger charge is -2.03. The van der Waals surface area contributed by atoms with Gasteiger partial charge in [0.25, 0.3) is 0 Å². The maximum absolute atomic E-state index is 9.73. The van der Waals surface area contributed by atoms with Crippen LogP contribution >= 0.6 is 0 Å². The van der Waals surface area contributed by atoms with E-state index in [4.69, 9.17) is 0 Å². The van der Waals surface area contributed by atoms with Crippen LogP contribution in [0, 0.1) is 11.3 Å². The fraction of sp³-hybridized carbons (Fsp3) is 0.111. The largest absolute Gasteiger partial charge is 0.508 e. The summed E-state index contributed by atoms with van der Waals surface area (Å²) < 4.78 is 0. The van der Waals surface area contributed by atoms with Gasteiger partial charge in [0, 0.05) is 0 Å². The Bertz CT molecular complexity index is 867. The molecule has 2 N–H and O–H groups in total. The summed E-state index contributed by atoms with van der Waals surface area (Å²) in [6, 6.07) is 15.2. The molecule has 0 amide bonds. The van der Waals surface area contributed by atoms with Crippen molar-refractivity contribution in [1.29, 1.82) is 5.26 Å². The third-order valence-corrected chi connectivity index (χ3v) is 3.56. The molecule has 1 heterocycles. The number of phenolic OH excluding ortho intramolecular Hbond substituents is 1. The van der Waals surface area contributed by atoms with Crippen molar-refractivity contribution in [2.75, 3.05) is 0 Å². The molecule has 108 valence electrons. The molecule has 0 atom stereocenters. The number of rotatable bonds is 3. The van der Waals surface area contributed by atoms with Crippen LogP contribution < -0.4 is 0 Å². The first-order valence-corrected chi connectivity index (χ1v) is 7.10. The molecule has 0 unspecified atom stereocenters. The molecular weight excluding hydrogens is 274 g/mol. The fourth-order valence-corrected chi connectivity index (χ4v) is 2.38. The lowest BCUT2D eigenvalue weighted by molar-refractivity contribution is 0.469. The van der Waals surface area contributed by atoms with Gasteiger partial charge in [-0.05, 0) is 47.9 Å². The number of aromatic hydroxyl groups is 1. The number of aromatic nitrogens is 2. The molecule has 0 saturated heterocycles. The van der Waals surface area contributed by atoms with Gasteiger partial charge in [0.05, 0.1) is 16.6 Å². The number of benzene rings is 2. The van der Waals surface area contributed by atoms with E-state index in [1.54, 1.807) is 18.2 Å². The molecule has 2 aromatic carbocycles. The van der Waals surface area contributed by atoms with Crippen molar-refractivity contribution in [3.63, 3.8) is 0 Å². The summed E-state index contributed by atoms with van der Waals surface area (Å²) in [5.74, 6) is 0.830. The predicted octanol–water partition coefficient (Wildman–Crippen LogP) is 3.90. The monoisotopic (exact) mass is 289 g/mol. The van der Waals surface area contributed by atoms with Crippen LogP contribution in [0.4, 0.5) is 0 Å². The SMILES string of the molecule is CCc1cc(/C=C(\C#N)c2nc3ccccc3[nH]2)ccc1O. The molecule has 0 aliphatic rings. The first-order valence-electron chi connectivity index (χ1n) is 7.10. The van der Waals surface area contributed by atoms with Gasteiger partial charge in [-0.25, -0.2) is 4.98 Å². The van der Waals surface area contributed by atoms with Crippen LogP contribution in [-0.2, 0) is 6.42 Å². The quantitative estimate of drug-likeness (QED) is 0.718. The normalized spacial score (nSPS) is 11.5. The molecule has 3 rings (SSSR count). The van der Waals surface area contributed by atoms with Crippen molar-refractivity contribution in [1.82, 2.24) is 9.97 Å². The molecule has 0 saturated carbocycles. The number of para-hydroxylation sites is 2. The molecular formula is C18H15N3O. The van der Waals surface area contributed by atoms with Crippen LogP contribution in [0.3, 0.4) is 0 Å². The lowest BCUT2D eigenvalue weighted by atomic mass is 10.1. The number of aryl methyl sites for hydroxylation is 1. The van der Waals surface area contributed by atoms with E-state index >= 15 is 0 Å². The number of phenols is 1. The fourth-order valence-electron chi connectivity index (χ4n) is 2.38. The van der Waals surface area contributed by atoms with Gasteiger partial charge in [0.15, 0.2) is 0 Å². The number of H-pyrrole nitrogens is 1. The molecule has 4 nitrogen and oxygen atoms in total. The Kier molecular flexibility index (Phi) is 3.63. The summed E-state index contributed by atoms with van der Waals surface area (Å²) in [7, 11) is 0. The summed E-state index contributed by atoms with van der Waals surface area (Å²) in [6.07, 6.45) is 2.51. The number of nitriles is 1. The zero-order valence-corrected chi connectivity index (χ0v) is 12.2. The third kappa shape index (κ3) is 2.57. The number of hydrogen-bond donors (Lipinski definition) is 2. The van der Waals surface area contributed by atoms with Crippen LogP contribution in [0.5, 0.6) is 5.75 Å². The van der Waals surface area contributed by atoms with Crippen molar-refractivity contribution in [2.24, 2.45) is 0 Å². The van der Waals surface area contributed by atoms with E-state index in [1.165, 1.54) is 0 Å². The summed E-state index contributed by atoms with van der Waals surface area (Å²) >= 11 is 0.